The summed E-state index contributed by atoms with van der Waals surface area (Å²) in [6.07, 6.45) is 5.41. The molecule has 3 aliphatic rings. The molecule has 5 nitrogen and oxygen atoms in total. The van der Waals surface area contributed by atoms with Crippen LogP contribution in [0.2, 0.25) is 0 Å². The predicted octanol–water partition coefficient (Wildman–Crippen LogP) is 2.76. The van der Waals surface area contributed by atoms with E-state index in [4.69, 9.17) is 4.74 Å². The molecule has 2 saturated heterocycles. The van der Waals surface area contributed by atoms with Crippen LogP contribution in [0.3, 0.4) is 0 Å². The highest BCUT2D eigenvalue weighted by molar-refractivity contribution is 9.10. The van der Waals surface area contributed by atoms with Crippen molar-refractivity contribution >= 4 is 33.5 Å². The molecule has 2 fully saturated rings. The Kier molecular flexibility index (Phi) is 3.44. The Morgan fingerprint density at radius 1 is 1.42 bits per heavy atom. The van der Waals surface area contributed by atoms with Gasteiger partial charge in [0.15, 0.2) is 0 Å². The van der Waals surface area contributed by atoms with E-state index in [1.807, 2.05) is 30.3 Å². The van der Waals surface area contributed by atoms with Gasteiger partial charge in [-0.05, 0) is 30.7 Å². The second kappa shape index (κ2) is 5.29. The molecule has 3 aliphatic heterocycles. The SMILES string of the molecule is C=CC[C@H]1N(c2ccc(Br)cc2)C(=O)[C@H]2[C@@H](C(=O)O)[C@H]3C=C[C@]21O3. The number of fused-ring (bicyclic) bond motifs is 1. The standard InChI is InChI=1S/C18H16BrNO4/c1-2-3-13-18-9-8-12(24-18)14(17(22)23)15(18)16(21)20(13)11-6-4-10(19)5-7-11/h2,4-9,12-15H,1,3H2,(H,22,23)/t12-,13-,14+,15-,18-/m1/s1. The fourth-order valence-electron chi connectivity index (χ4n) is 4.29. The summed E-state index contributed by atoms with van der Waals surface area (Å²) in [6.45, 7) is 3.80. The van der Waals surface area contributed by atoms with Crippen LogP contribution < -0.4 is 4.90 Å². The van der Waals surface area contributed by atoms with Gasteiger partial charge >= 0.3 is 5.97 Å². The van der Waals surface area contributed by atoms with Gasteiger partial charge in [0.2, 0.25) is 5.91 Å². The monoisotopic (exact) mass is 389 g/mol. The lowest BCUT2D eigenvalue weighted by Crippen LogP contribution is -2.45. The van der Waals surface area contributed by atoms with Gasteiger partial charge < -0.3 is 14.7 Å². The van der Waals surface area contributed by atoms with Gasteiger partial charge in [-0.1, -0.05) is 34.2 Å². The molecular weight excluding hydrogens is 374 g/mol. The van der Waals surface area contributed by atoms with Crippen molar-refractivity contribution in [3.8, 4) is 0 Å². The van der Waals surface area contributed by atoms with Crippen molar-refractivity contribution in [2.45, 2.75) is 24.2 Å². The van der Waals surface area contributed by atoms with Gasteiger partial charge in [0, 0.05) is 10.2 Å². The van der Waals surface area contributed by atoms with Crippen molar-refractivity contribution in [2.75, 3.05) is 4.90 Å². The number of carbonyl (C=O) groups excluding carboxylic acids is 1. The highest BCUT2D eigenvalue weighted by Gasteiger charge is 2.71. The van der Waals surface area contributed by atoms with E-state index in [1.165, 1.54) is 0 Å². The zero-order valence-electron chi connectivity index (χ0n) is 12.8. The quantitative estimate of drug-likeness (QED) is 0.803. The maximum atomic E-state index is 13.2. The average molecular weight is 390 g/mol. The summed E-state index contributed by atoms with van der Waals surface area (Å²) in [4.78, 5) is 26.6. The van der Waals surface area contributed by atoms with Crippen LogP contribution in [0.25, 0.3) is 0 Å². The number of halogens is 1. The molecule has 1 aromatic rings. The Bertz CT molecular complexity index is 759. The van der Waals surface area contributed by atoms with Crippen LogP contribution >= 0.6 is 15.9 Å². The number of hydrogen-bond donors (Lipinski definition) is 1. The molecule has 124 valence electrons. The third-order valence-electron chi connectivity index (χ3n) is 5.20. The fraction of sp³-hybridized carbons (Fsp3) is 0.333. The second-order valence-electron chi connectivity index (χ2n) is 6.36. The van der Waals surface area contributed by atoms with E-state index < -0.39 is 29.5 Å². The highest BCUT2D eigenvalue weighted by atomic mass is 79.9. The molecule has 1 amide bonds. The fourth-order valence-corrected chi connectivity index (χ4v) is 4.55. The molecule has 0 radical (unpaired) electrons. The summed E-state index contributed by atoms with van der Waals surface area (Å²) in [5.41, 5.74) is -0.144. The lowest BCUT2D eigenvalue weighted by atomic mass is 9.74. The van der Waals surface area contributed by atoms with Crippen LogP contribution in [0.4, 0.5) is 5.69 Å². The molecule has 0 aliphatic carbocycles. The Hall–Kier alpha value is -1.92. The number of ether oxygens (including phenoxy) is 1. The molecule has 1 aromatic carbocycles. The van der Waals surface area contributed by atoms with Crippen LogP contribution in [0, 0.1) is 11.8 Å². The Labute approximate surface area is 147 Å². The number of rotatable bonds is 4. The van der Waals surface area contributed by atoms with E-state index in [1.54, 1.807) is 17.1 Å². The number of hydrogen-bond acceptors (Lipinski definition) is 3. The van der Waals surface area contributed by atoms with E-state index in [-0.39, 0.29) is 11.9 Å². The first-order valence-corrected chi connectivity index (χ1v) is 8.58. The van der Waals surface area contributed by atoms with E-state index in [2.05, 4.69) is 22.5 Å². The van der Waals surface area contributed by atoms with E-state index >= 15 is 0 Å². The van der Waals surface area contributed by atoms with Gasteiger partial charge in [-0.2, -0.15) is 0 Å². The minimum Gasteiger partial charge on any atom is -0.481 e. The molecule has 6 heteroatoms. The Morgan fingerprint density at radius 2 is 2.12 bits per heavy atom. The summed E-state index contributed by atoms with van der Waals surface area (Å²) in [6, 6.07) is 7.13. The number of nitrogens with zero attached hydrogens (tertiary/aromatic N) is 1. The van der Waals surface area contributed by atoms with Gasteiger partial charge in [-0.15, -0.1) is 6.58 Å². The lowest BCUT2D eigenvalue weighted by molar-refractivity contribution is -0.146. The minimum atomic E-state index is -0.986. The van der Waals surface area contributed by atoms with Crippen LogP contribution in [-0.4, -0.2) is 34.7 Å². The molecule has 0 aromatic heterocycles. The smallest absolute Gasteiger partial charge is 0.310 e. The number of carbonyl (C=O) groups is 2. The first kappa shape index (κ1) is 15.6. The molecule has 24 heavy (non-hydrogen) atoms. The number of carboxylic acid groups (broad SMARTS) is 1. The maximum Gasteiger partial charge on any atom is 0.310 e. The van der Waals surface area contributed by atoms with E-state index in [0.29, 0.717) is 6.42 Å². The second-order valence-corrected chi connectivity index (χ2v) is 7.28. The Balaban J connectivity index is 1.83. The molecule has 2 bridgehead atoms. The summed E-state index contributed by atoms with van der Waals surface area (Å²) in [7, 11) is 0. The summed E-state index contributed by atoms with van der Waals surface area (Å²) in [5.74, 6) is -2.71. The van der Waals surface area contributed by atoms with Crippen molar-refractivity contribution in [1.82, 2.24) is 0 Å². The molecule has 1 spiro atoms. The molecule has 1 N–H and O–H groups in total. The third kappa shape index (κ3) is 1.90. The first-order valence-electron chi connectivity index (χ1n) is 7.79. The summed E-state index contributed by atoms with van der Waals surface area (Å²) in [5, 5.41) is 9.60. The van der Waals surface area contributed by atoms with Gasteiger partial charge in [-0.3, -0.25) is 9.59 Å². The van der Waals surface area contributed by atoms with Crippen molar-refractivity contribution in [2.24, 2.45) is 11.8 Å². The largest absolute Gasteiger partial charge is 0.481 e. The average Bonchev–Trinajstić information content (AvgIpc) is 3.18. The van der Waals surface area contributed by atoms with Crippen molar-refractivity contribution in [1.29, 1.82) is 0 Å². The molecule has 3 heterocycles. The Morgan fingerprint density at radius 3 is 2.75 bits per heavy atom. The van der Waals surface area contributed by atoms with Crippen molar-refractivity contribution in [3.05, 3.63) is 53.5 Å². The predicted molar refractivity (Wildman–Crippen MR) is 91.6 cm³/mol. The zero-order valence-corrected chi connectivity index (χ0v) is 14.3. The normalized spacial score (nSPS) is 36.2. The van der Waals surface area contributed by atoms with Crippen molar-refractivity contribution in [3.63, 3.8) is 0 Å². The van der Waals surface area contributed by atoms with Crippen LogP contribution in [0.5, 0.6) is 0 Å². The minimum absolute atomic E-state index is 0.191. The summed E-state index contributed by atoms with van der Waals surface area (Å²) >= 11 is 3.39. The van der Waals surface area contributed by atoms with E-state index in [0.717, 1.165) is 10.2 Å². The van der Waals surface area contributed by atoms with Crippen LogP contribution in [-0.2, 0) is 14.3 Å². The topological polar surface area (TPSA) is 66.8 Å². The highest BCUT2D eigenvalue weighted by Crippen LogP contribution is 2.56. The molecule has 4 rings (SSSR count). The molecular formula is C18H16BrNO4. The number of anilines is 1. The van der Waals surface area contributed by atoms with Crippen LogP contribution in [0.15, 0.2) is 53.5 Å². The van der Waals surface area contributed by atoms with Gasteiger partial charge in [-0.25, -0.2) is 0 Å². The number of benzene rings is 1. The molecule has 5 atom stereocenters. The van der Waals surface area contributed by atoms with Crippen LogP contribution in [0.1, 0.15) is 6.42 Å². The maximum absolute atomic E-state index is 13.2. The van der Waals surface area contributed by atoms with Gasteiger partial charge in [0.1, 0.15) is 11.5 Å². The van der Waals surface area contributed by atoms with E-state index in [9.17, 15) is 14.7 Å². The molecule has 0 unspecified atom stereocenters. The lowest BCUT2D eigenvalue weighted by Gasteiger charge is -2.32. The van der Waals surface area contributed by atoms with Crippen molar-refractivity contribution < 1.29 is 19.4 Å². The number of carboxylic acids is 1. The molecule has 0 saturated carbocycles. The number of amides is 1. The zero-order chi connectivity index (χ0) is 17.1. The van der Waals surface area contributed by atoms with Gasteiger partial charge in [0.05, 0.1) is 18.1 Å². The first-order chi connectivity index (χ1) is 11.5. The third-order valence-corrected chi connectivity index (χ3v) is 5.73. The number of aliphatic carboxylic acids is 1. The van der Waals surface area contributed by atoms with Gasteiger partial charge in [0.25, 0.3) is 0 Å². The summed E-state index contributed by atoms with van der Waals surface area (Å²) < 4.78 is 6.97.